The lowest BCUT2D eigenvalue weighted by Crippen LogP contribution is -2.34. The predicted octanol–water partition coefficient (Wildman–Crippen LogP) is 2.20. The van der Waals surface area contributed by atoms with E-state index in [1.165, 1.54) is 12.3 Å². The number of rotatable bonds is 8. The van der Waals surface area contributed by atoms with Crippen molar-refractivity contribution in [2.45, 2.75) is 32.7 Å². The molecule has 1 aromatic rings. The van der Waals surface area contributed by atoms with Gasteiger partial charge < -0.3 is 15.4 Å². The summed E-state index contributed by atoms with van der Waals surface area (Å²) in [7, 11) is 1.60. The quantitative estimate of drug-likeness (QED) is 0.767. The van der Waals surface area contributed by atoms with Crippen molar-refractivity contribution < 1.29 is 13.9 Å². The van der Waals surface area contributed by atoms with Crippen LogP contribution in [-0.2, 0) is 4.74 Å². The van der Waals surface area contributed by atoms with Gasteiger partial charge in [-0.3, -0.25) is 4.79 Å². The first kappa shape index (κ1) is 16.4. The van der Waals surface area contributed by atoms with Crippen molar-refractivity contribution >= 4 is 11.7 Å². The zero-order valence-corrected chi connectivity index (χ0v) is 12.2. The Morgan fingerprint density at radius 2 is 2.30 bits per heavy atom. The highest BCUT2D eigenvalue weighted by atomic mass is 19.1. The summed E-state index contributed by atoms with van der Waals surface area (Å²) in [5.74, 6) is -0.936. The van der Waals surface area contributed by atoms with Gasteiger partial charge in [0.2, 0.25) is 0 Å². The molecule has 112 valence electrons. The summed E-state index contributed by atoms with van der Waals surface area (Å²) in [5.41, 5.74) is 0.00266. The van der Waals surface area contributed by atoms with Crippen LogP contribution in [0.1, 0.15) is 37.0 Å². The highest BCUT2D eigenvalue weighted by Crippen LogP contribution is 2.15. The second kappa shape index (κ2) is 8.47. The lowest BCUT2D eigenvalue weighted by molar-refractivity contribution is 0.0925. The first-order chi connectivity index (χ1) is 9.60. The van der Waals surface area contributed by atoms with Gasteiger partial charge in [0.1, 0.15) is 0 Å². The number of carbonyl (C=O) groups excluding carboxylic acids is 1. The highest BCUT2D eigenvalue weighted by molar-refractivity contribution is 5.95. The van der Waals surface area contributed by atoms with Crippen molar-refractivity contribution in [2.75, 3.05) is 25.6 Å². The SMILES string of the molecule is CCCNc1nccc(C(=O)NC(C)CCOC)c1F. The number of pyridine rings is 1. The van der Waals surface area contributed by atoms with Crippen molar-refractivity contribution in [1.82, 2.24) is 10.3 Å². The molecule has 6 heteroatoms. The molecule has 1 unspecified atom stereocenters. The molecule has 20 heavy (non-hydrogen) atoms. The minimum Gasteiger partial charge on any atom is -0.385 e. The number of hydrogen-bond acceptors (Lipinski definition) is 4. The molecule has 1 heterocycles. The molecule has 5 nitrogen and oxygen atoms in total. The minimum absolute atomic E-state index is 0.00266. The zero-order chi connectivity index (χ0) is 15.0. The summed E-state index contributed by atoms with van der Waals surface area (Å²) in [6, 6.07) is 1.30. The van der Waals surface area contributed by atoms with Crippen LogP contribution in [-0.4, -0.2) is 37.2 Å². The molecular formula is C14H22FN3O2. The summed E-state index contributed by atoms with van der Waals surface area (Å²) in [5, 5.41) is 5.60. The van der Waals surface area contributed by atoms with Crippen molar-refractivity contribution in [2.24, 2.45) is 0 Å². The average molecular weight is 283 g/mol. The van der Waals surface area contributed by atoms with E-state index >= 15 is 0 Å². The number of ether oxygens (including phenoxy) is 1. The van der Waals surface area contributed by atoms with E-state index < -0.39 is 11.7 Å². The third kappa shape index (κ3) is 4.77. The van der Waals surface area contributed by atoms with E-state index in [1.807, 2.05) is 13.8 Å². The molecular weight excluding hydrogens is 261 g/mol. The summed E-state index contributed by atoms with van der Waals surface area (Å²) >= 11 is 0. The predicted molar refractivity (Wildman–Crippen MR) is 76.4 cm³/mol. The molecule has 0 bridgehead atoms. The van der Waals surface area contributed by atoms with Crippen LogP contribution in [0.2, 0.25) is 0 Å². The maximum absolute atomic E-state index is 14.1. The van der Waals surface area contributed by atoms with Gasteiger partial charge in [0.25, 0.3) is 5.91 Å². The standard InChI is InChI=1S/C14H22FN3O2/c1-4-7-16-13-12(15)11(5-8-17-13)14(19)18-10(2)6-9-20-3/h5,8,10H,4,6-7,9H2,1-3H3,(H,16,17)(H,18,19). The number of nitrogens with zero attached hydrogens (tertiary/aromatic N) is 1. The summed E-state index contributed by atoms with van der Waals surface area (Å²) in [6.45, 7) is 4.98. The molecule has 0 radical (unpaired) electrons. The number of amides is 1. The molecule has 0 aliphatic rings. The maximum atomic E-state index is 14.1. The van der Waals surface area contributed by atoms with Crippen LogP contribution in [0.25, 0.3) is 0 Å². The number of hydrogen-bond donors (Lipinski definition) is 2. The Hall–Kier alpha value is -1.69. The number of methoxy groups -OCH3 is 1. The van der Waals surface area contributed by atoms with Gasteiger partial charge in [0, 0.05) is 32.5 Å². The normalized spacial score (nSPS) is 12.0. The average Bonchev–Trinajstić information content (AvgIpc) is 2.43. The van der Waals surface area contributed by atoms with Gasteiger partial charge in [0.05, 0.1) is 5.56 Å². The Morgan fingerprint density at radius 3 is 2.95 bits per heavy atom. The lowest BCUT2D eigenvalue weighted by atomic mass is 10.2. The van der Waals surface area contributed by atoms with Gasteiger partial charge in [-0.1, -0.05) is 6.92 Å². The van der Waals surface area contributed by atoms with E-state index in [9.17, 15) is 9.18 Å². The van der Waals surface area contributed by atoms with Gasteiger partial charge in [0.15, 0.2) is 11.6 Å². The Labute approximate surface area is 118 Å². The van der Waals surface area contributed by atoms with E-state index in [4.69, 9.17) is 4.74 Å². The minimum atomic E-state index is -0.614. The third-order valence-electron chi connectivity index (χ3n) is 2.81. The molecule has 0 saturated carbocycles. The first-order valence-electron chi connectivity index (χ1n) is 6.78. The number of nitrogens with one attached hydrogen (secondary N) is 2. The van der Waals surface area contributed by atoms with Crippen molar-refractivity contribution in [1.29, 1.82) is 0 Å². The van der Waals surface area contributed by atoms with Crippen molar-refractivity contribution in [3.63, 3.8) is 0 Å². The number of anilines is 1. The fourth-order valence-electron chi connectivity index (χ4n) is 1.65. The van der Waals surface area contributed by atoms with E-state index in [-0.39, 0.29) is 17.4 Å². The topological polar surface area (TPSA) is 63.2 Å². The molecule has 0 aliphatic carbocycles. The summed E-state index contributed by atoms with van der Waals surface area (Å²) < 4.78 is 19.1. The summed E-state index contributed by atoms with van der Waals surface area (Å²) in [6.07, 6.45) is 2.96. The monoisotopic (exact) mass is 283 g/mol. The second-order valence-corrected chi connectivity index (χ2v) is 4.60. The molecule has 0 spiro atoms. The number of halogens is 1. The smallest absolute Gasteiger partial charge is 0.254 e. The van der Waals surface area contributed by atoms with Crippen molar-refractivity contribution in [3.8, 4) is 0 Å². The van der Waals surface area contributed by atoms with Gasteiger partial charge in [-0.25, -0.2) is 9.37 Å². The van der Waals surface area contributed by atoms with Crippen LogP contribution in [0.5, 0.6) is 0 Å². The van der Waals surface area contributed by atoms with Gasteiger partial charge in [-0.15, -0.1) is 0 Å². The van der Waals surface area contributed by atoms with E-state index in [0.717, 1.165) is 6.42 Å². The lowest BCUT2D eigenvalue weighted by Gasteiger charge is -2.14. The van der Waals surface area contributed by atoms with Gasteiger partial charge in [-0.2, -0.15) is 0 Å². The molecule has 1 rings (SSSR count). The van der Waals surface area contributed by atoms with E-state index in [0.29, 0.717) is 19.6 Å². The van der Waals surface area contributed by atoms with Gasteiger partial charge in [-0.05, 0) is 25.8 Å². The molecule has 0 aliphatic heterocycles. The largest absolute Gasteiger partial charge is 0.385 e. The Balaban J connectivity index is 2.72. The molecule has 0 fully saturated rings. The van der Waals surface area contributed by atoms with E-state index in [2.05, 4.69) is 15.6 Å². The second-order valence-electron chi connectivity index (χ2n) is 4.60. The fraction of sp³-hybridized carbons (Fsp3) is 0.571. The zero-order valence-electron chi connectivity index (χ0n) is 12.2. The van der Waals surface area contributed by atoms with Crippen LogP contribution in [0.4, 0.5) is 10.2 Å². The maximum Gasteiger partial charge on any atom is 0.254 e. The van der Waals surface area contributed by atoms with Crippen LogP contribution in [0, 0.1) is 5.82 Å². The Kier molecular flexibility index (Phi) is 6.93. The Bertz CT molecular complexity index is 440. The van der Waals surface area contributed by atoms with E-state index in [1.54, 1.807) is 7.11 Å². The third-order valence-corrected chi connectivity index (χ3v) is 2.81. The molecule has 0 saturated heterocycles. The molecule has 1 amide bonds. The van der Waals surface area contributed by atoms with Gasteiger partial charge >= 0.3 is 0 Å². The fourth-order valence-corrected chi connectivity index (χ4v) is 1.65. The number of aromatic nitrogens is 1. The van der Waals surface area contributed by atoms with Crippen molar-refractivity contribution in [3.05, 3.63) is 23.6 Å². The van der Waals surface area contributed by atoms with Crippen LogP contribution in [0.15, 0.2) is 12.3 Å². The molecule has 0 aromatic carbocycles. The molecule has 1 atom stereocenters. The summed E-state index contributed by atoms with van der Waals surface area (Å²) in [4.78, 5) is 15.9. The molecule has 2 N–H and O–H groups in total. The molecule has 1 aromatic heterocycles. The number of carbonyl (C=O) groups is 1. The van der Waals surface area contributed by atoms with Crippen LogP contribution < -0.4 is 10.6 Å². The first-order valence-corrected chi connectivity index (χ1v) is 6.78. The van der Waals surface area contributed by atoms with Crippen LogP contribution >= 0.6 is 0 Å². The van der Waals surface area contributed by atoms with Crippen LogP contribution in [0.3, 0.4) is 0 Å². The highest BCUT2D eigenvalue weighted by Gasteiger charge is 2.17. The Morgan fingerprint density at radius 1 is 1.55 bits per heavy atom.